The van der Waals surface area contributed by atoms with Gasteiger partial charge in [-0.15, -0.1) is 0 Å². The van der Waals surface area contributed by atoms with Crippen LogP contribution in [0.15, 0.2) is 60.9 Å². The Morgan fingerprint density at radius 1 is 0.920 bits per heavy atom. The number of amides is 1. The number of carbonyl (C=O) groups excluding carboxylic acids is 1. The molecule has 126 valence electrons. The van der Waals surface area contributed by atoms with Gasteiger partial charge in [0.25, 0.3) is 0 Å². The molecule has 0 atom stereocenters. The van der Waals surface area contributed by atoms with Crippen LogP contribution in [0.3, 0.4) is 0 Å². The lowest BCUT2D eigenvalue weighted by molar-refractivity contribution is -0.129. The average molecular weight is 331 g/mol. The van der Waals surface area contributed by atoms with E-state index in [1.165, 1.54) is 16.6 Å². The fourth-order valence-corrected chi connectivity index (χ4v) is 3.48. The molecule has 2 aromatic carbocycles. The third-order valence-corrected chi connectivity index (χ3v) is 4.94. The van der Waals surface area contributed by atoms with Gasteiger partial charge in [0.15, 0.2) is 0 Å². The second-order valence-corrected chi connectivity index (χ2v) is 6.45. The van der Waals surface area contributed by atoms with E-state index in [4.69, 9.17) is 0 Å². The first-order valence-electron chi connectivity index (χ1n) is 8.66. The Balaban J connectivity index is 1.57. The molecule has 0 saturated carbocycles. The Morgan fingerprint density at radius 3 is 2.36 bits per heavy atom. The average Bonchev–Trinajstić information content (AvgIpc) is 2.68. The number of nitrogens with zero attached hydrogens (tertiary/aromatic N) is 3. The van der Waals surface area contributed by atoms with Gasteiger partial charge >= 0.3 is 0 Å². The van der Waals surface area contributed by atoms with Gasteiger partial charge < -0.3 is 9.80 Å². The molecule has 1 aromatic heterocycles. The largest absolute Gasteiger partial charge is 0.368 e. The van der Waals surface area contributed by atoms with Gasteiger partial charge in [-0.1, -0.05) is 36.4 Å². The zero-order valence-electron chi connectivity index (χ0n) is 14.4. The summed E-state index contributed by atoms with van der Waals surface area (Å²) >= 11 is 0. The van der Waals surface area contributed by atoms with Crippen molar-refractivity contribution in [3.8, 4) is 11.1 Å². The predicted octanol–water partition coefficient (Wildman–Crippen LogP) is 3.57. The Labute approximate surface area is 147 Å². The van der Waals surface area contributed by atoms with Gasteiger partial charge in [-0.25, -0.2) is 0 Å². The van der Waals surface area contributed by atoms with Gasteiger partial charge in [0.2, 0.25) is 5.91 Å². The van der Waals surface area contributed by atoms with Crippen LogP contribution in [0.2, 0.25) is 0 Å². The fourth-order valence-electron chi connectivity index (χ4n) is 3.48. The van der Waals surface area contributed by atoms with Crippen molar-refractivity contribution >= 4 is 22.4 Å². The summed E-state index contributed by atoms with van der Waals surface area (Å²) in [4.78, 5) is 20.1. The zero-order valence-corrected chi connectivity index (χ0v) is 14.4. The van der Waals surface area contributed by atoms with E-state index < -0.39 is 0 Å². The van der Waals surface area contributed by atoms with Gasteiger partial charge in [0, 0.05) is 62.1 Å². The van der Waals surface area contributed by atoms with Crippen molar-refractivity contribution in [2.24, 2.45) is 0 Å². The lowest BCUT2D eigenvalue weighted by Gasteiger charge is -2.35. The molecule has 25 heavy (non-hydrogen) atoms. The van der Waals surface area contributed by atoms with Crippen molar-refractivity contribution in [1.82, 2.24) is 9.88 Å². The minimum atomic E-state index is 0.165. The summed E-state index contributed by atoms with van der Waals surface area (Å²) in [6.07, 6.45) is 3.84. The molecule has 0 aliphatic carbocycles. The van der Waals surface area contributed by atoms with Crippen LogP contribution < -0.4 is 4.90 Å². The molecule has 1 saturated heterocycles. The molecule has 2 heterocycles. The lowest BCUT2D eigenvalue weighted by atomic mass is 10.0. The van der Waals surface area contributed by atoms with Crippen LogP contribution in [0.4, 0.5) is 5.69 Å². The fraction of sp³-hybridized carbons (Fsp3) is 0.238. The monoisotopic (exact) mass is 331 g/mol. The molecular formula is C21H21N3O. The number of carbonyl (C=O) groups is 1. The summed E-state index contributed by atoms with van der Waals surface area (Å²) in [6, 6.07) is 17.0. The highest BCUT2D eigenvalue weighted by molar-refractivity contribution is 5.95. The molecule has 0 bridgehead atoms. The quantitative estimate of drug-likeness (QED) is 0.720. The summed E-state index contributed by atoms with van der Waals surface area (Å²) in [5.41, 5.74) is 3.54. The highest BCUT2D eigenvalue weighted by atomic mass is 16.2. The first-order chi connectivity index (χ1) is 12.2. The van der Waals surface area contributed by atoms with Crippen LogP contribution in [0.1, 0.15) is 6.92 Å². The van der Waals surface area contributed by atoms with Gasteiger partial charge in [0.1, 0.15) is 0 Å². The van der Waals surface area contributed by atoms with Crippen molar-refractivity contribution in [2.45, 2.75) is 6.92 Å². The minimum Gasteiger partial charge on any atom is -0.368 e. The maximum absolute atomic E-state index is 11.5. The summed E-state index contributed by atoms with van der Waals surface area (Å²) < 4.78 is 0. The first kappa shape index (κ1) is 15.6. The summed E-state index contributed by atoms with van der Waals surface area (Å²) in [5, 5.41) is 2.38. The van der Waals surface area contributed by atoms with E-state index in [9.17, 15) is 4.79 Å². The number of benzene rings is 2. The normalized spacial score (nSPS) is 14.8. The molecule has 0 N–H and O–H groups in total. The molecule has 1 aliphatic rings. The molecule has 0 spiro atoms. The van der Waals surface area contributed by atoms with Crippen molar-refractivity contribution in [3.05, 3.63) is 60.9 Å². The molecule has 1 aliphatic heterocycles. The Kier molecular flexibility index (Phi) is 4.10. The number of hydrogen-bond acceptors (Lipinski definition) is 3. The third kappa shape index (κ3) is 3.07. The first-order valence-corrected chi connectivity index (χ1v) is 8.66. The number of pyridine rings is 1. The van der Waals surface area contributed by atoms with Crippen molar-refractivity contribution in [3.63, 3.8) is 0 Å². The minimum absolute atomic E-state index is 0.165. The predicted molar refractivity (Wildman–Crippen MR) is 102 cm³/mol. The highest BCUT2D eigenvalue weighted by Crippen LogP contribution is 2.29. The van der Waals surface area contributed by atoms with E-state index in [1.807, 2.05) is 23.4 Å². The lowest BCUT2D eigenvalue weighted by Crippen LogP contribution is -2.48. The Hall–Kier alpha value is -2.88. The summed E-state index contributed by atoms with van der Waals surface area (Å²) in [6.45, 7) is 5.00. The molecule has 1 fully saturated rings. The van der Waals surface area contributed by atoms with Crippen molar-refractivity contribution < 1.29 is 4.79 Å². The van der Waals surface area contributed by atoms with E-state index in [0.717, 1.165) is 37.1 Å². The molecule has 0 radical (unpaired) electrons. The Bertz CT molecular complexity index is 891. The van der Waals surface area contributed by atoms with E-state index in [0.29, 0.717) is 0 Å². The molecule has 1 amide bonds. The van der Waals surface area contributed by atoms with Crippen LogP contribution in [0.5, 0.6) is 0 Å². The second-order valence-electron chi connectivity index (χ2n) is 6.45. The molecule has 4 nitrogen and oxygen atoms in total. The van der Waals surface area contributed by atoms with Crippen LogP contribution in [0.25, 0.3) is 21.9 Å². The smallest absolute Gasteiger partial charge is 0.219 e. The molecule has 4 heteroatoms. The molecule has 3 aromatic rings. The topological polar surface area (TPSA) is 36.4 Å². The second kappa shape index (κ2) is 6.55. The highest BCUT2D eigenvalue weighted by Gasteiger charge is 2.18. The van der Waals surface area contributed by atoms with Gasteiger partial charge in [-0.2, -0.15) is 0 Å². The van der Waals surface area contributed by atoms with E-state index in [1.54, 1.807) is 6.92 Å². The molecule has 0 unspecified atom stereocenters. The van der Waals surface area contributed by atoms with E-state index in [2.05, 4.69) is 52.3 Å². The van der Waals surface area contributed by atoms with Gasteiger partial charge in [-0.3, -0.25) is 9.78 Å². The number of piperazine rings is 1. The molecular weight excluding hydrogens is 310 g/mol. The van der Waals surface area contributed by atoms with Gasteiger partial charge in [-0.05, 0) is 23.1 Å². The zero-order chi connectivity index (χ0) is 17.2. The van der Waals surface area contributed by atoms with E-state index >= 15 is 0 Å². The van der Waals surface area contributed by atoms with Crippen molar-refractivity contribution in [2.75, 3.05) is 31.1 Å². The summed E-state index contributed by atoms with van der Waals surface area (Å²) in [5.74, 6) is 0.165. The standard InChI is InChI=1S/C21H21N3O/c1-16(25)23-10-12-24(13-11-23)19-8-6-17(7-9-19)21-15-22-14-18-4-2-3-5-20(18)21/h2-9,14-15H,10-13H2,1H3. The molecule has 4 rings (SSSR count). The summed E-state index contributed by atoms with van der Waals surface area (Å²) in [7, 11) is 0. The Morgan fingerprint density at radius 2 is 1.64 bits per heavy atom. The number of aromatic nitrogens is 1. The van der Waals surface area contributed by atoms with Crippen LogP contribution in [-0.4, -0.2) is 42.0 Å². The van der Waals surface area contributed by atoms with Gasteiger partial charge in [0.05, 0.1) is 0 Å². The SMILES string of the molecule is CC(=O)N1CCN(c2ccc(-c3cncc4ccccc34)cc2)CC1. The number of rotatable bonds is 2. The van der Waals surface area contributed by atoms with E-state index in [-0.39, 0.29) is 5.91 Å². The van der Waals surface area contributed by atoms with Crippen molar-refractivity contribution in [1.29, 1.82) is 0 Å². The van der Waals surface area contributed by atoms with Crippen LogP contribution >= 0.6 is 0 Å². The number of anilines is 1. The maximum atomic E-state index is 11.5. The third-order valence-electron chi connectivity index (χ3n) is 4.94. The van der Waals surface area contributed by atoms with Crippen LogP contribution in [0, 0.1) is 0 Å². The number of fused-ring (bicyclic) bond motifs is 1. The maximum Gasteiger partial charge on any atom is 0.219 e. The van der Waals surface area contributed by atoms with Crippen LogP contribution in [-0.2, 0) is 4.79 Å². The number of hydrogen-bond donors (Lipinski definition) is 0.